The van der Waals surface area contributed by atoms with Crippen LogP contribution in [0.4, 0.5) is 0 Å². The molecule has 31 heavy (non-hydrogen) atoms. The molecule has 2 aliphatic heterocycles. The third-order valence-corrected chi connectivity index (χ3v) is 7.63. The molecule has 2 aromatic carbocycles. The molecule has 0 radical (unpaired) electrons. The Hall–Kier alpha value is -2.73. The minimum absolute atomic E-state index is 0.126. The van der Waals surface area contributed by atoms with Crippen LogP contribution in [-0.2, 0) is 22.6 Å². The summed E-state index contributed by atoms with van der Waals surface area (Å²) in [5.74, 6) is 0.779. The molecule has 3 aromatic rings. The van der Waals surface area contributed by atoms with E-state index in [-0.39, 0.29) is 17.9 Å². The molecular formula is C25H27N3O2S. The Morgan fingerprint density at radius 3 is 2.71 bits per heavy atom. The summed E-state index contributed by atoms with van der Waals surface area (Å²) in [7, 11) is 0. The average Bonchev–Trinajstić information content (AvgIpc) is 3.37. The SMILES string of the molecule is O=C(CCc1nc2ccccc2s1)N1CC2CCCC(=O)N(Cc3ccccc3)C2C1. The summed E-state index contributed by atoms with van der Waals surface area (Å²) in [5, 5.41) is 1.02. The third kappa shape index (κ3) is 4.35. The van der Waals surface area contributed by atoms with Crippen molar-refractivity contribution in [2.24, 2.45) is 5.92 Å². The van der Waals surface area contributed by atoms with Gasteiger partial charge in [-0.1, -0.05) is 42.5 Å². The number of likely N-dealkylation sites (tertiary alicyclic amines) is 2. The van der Waals surface area contributed by atoms with Gasteiger partial charge in [-0.2, -0.15) is 0 Å². The van der Waals surface area contributed by atoms with E-state index in [0.717, 1.165) is 35.5 Å². The van der Waals surface area contributed by atoms with Crippen LogP contribution in [0, 0.1) is 5.92 Å². The molecule has 0 bridgehead atoms. The van der Waals surface area contributed by atoms with E-state index in [1.807, 2.05) is 46.2 Å². The number of carbonyl (C=O) groups is 2. The second kappa shape index (κ2) is 8.79. The van der Waals surface area contributed by atoms with Crippen LogP contribution in [-0.4, -0.2) is 45.7 Å². The molecule has 5 nitrogen and oxygen atoms in total. The predicted octanol–water partition coefficient (Wildman–Crippen LogP) is 4.27. The molecular weight excluding hydrogens is 406 g/mol. The van der Waals surface area contributed by atoms with Gasteiger partial charge in [0, 0.05) is 38.9 Å². The maximum Gasteiger partial charge on any atom is 0.223 e. The lowest BCUT2D eigenvalue weighted by Gasteiger charge is -2.30. The van der Waals surface area contributed by atoms with Crippen molar-refractivity contribution in [2.75, 3.05) is 13.1 Å². The first-order valence-corrected chi connectivity index (χ1v) is 11.9. The maximum atomic E-state index is 13.0. The Kier molecular flexibility index (Phi) is 5.72. The fourth-order valence-corrected chi connectivity index (χ4v) is 5.89. The van der Waals surface area contributed by atoms with Gasteiger partial charge in [0.05, 0.1) is 21.3 Å². The number of amides is 2. The zero-order valence-corrected chi connectivity index (χ0v) is 18.4. The molecule has 0 spiro atoms. The van der Waals surface area contributed by atoms with Crippen molar-refractivity contribution in [3.8, 4) is 0 Å². The number of benzene rings is 2. The Morgan fingerprint density at radius 1 is 1.06 bits per heavy atom. The molecule has 2 fully saturated rings. The minimum Gasteiger partial charge on any atom is -0.340 e. The molecule has 0 N–H and O–H groups in total. The van der Waals surface area contributed by atoms with Crippen molar-refractivity contribution in [2.45, 2.75) is 44.7 Å². The molecule has 1 aromatic heterocycles. The van der Waals surface area contributed by atoms with Gasteiger partial charge >= 0.3 is 0 Å². The van der Waals surface area contributed by atoms with E-state index in [0.29, 0.717) is 38.3 Å². The van der Waals surface area contributed by atoms with Gasteiger partial charge in [-0.3, -0.25) is 9.59 Å². The highest BCUT2D eigenvalue weighted by Crippen LogP contribution is 2.32. The fraction of sp³-hybridized carbons (Fsp3) is 0.400. The zero-order chi connectivity index (χ0) is 21.2. The van der Waals surface area contributed by atoms with E-state index in [2.05, 4.69) is 23.2 Å². The predicted molar refractivity (Wildman–Crippen MR) is 123 cm³/mol. The first kappa shape index (κ1) is 20.2. The summed E-state index contributed by atoms with van der Waals surface area (Å²) in [6.07, 6.45) is 3.70. The van der Waals surface area contributed by atoms with Gasteiger partial charge < -0.3 is 9.80 Å². The number of fused-ring (bicyclic) bond motifs is 2. The highest BCUT2D eigenvalue weighted by Gasteiger charge is 2.41. The van der Waals surface area contributed by atoms with Gasteiger partial charge in [0.25, 0.3) is 0 Å². The highest BCUT2D eigenvalue weighted by atomic mass is 32.1. The van der Waals surface area contributed by atoms with Crippen molar-refractivity contribution in [3.63, 3.8) is 0 Å². The van der Waals surface area contributed by atoms with E-state index < -0.39 is 0 Å². The van der Waals surface area contributed by atoms with Crippen LogP contribution in [0.15, 0.2) is 54.6 Å². The summed E-state index contributed by atoms with van der Waals surface area (Å²) in [4.78, 5) is 34.5. The summed E-state index contributed by atoms with van der Waals surface area (Å²) in [6.45, 7) is 2.05. The van der Waals surface area contributed by atoms with E-state index in [4.69, 9.17) is 0 Å². The Bertz CT molecular complexity index is 1050. The first-order valence-electron chi connectivity index (χ1n) is 11.1. The average molecular weight is 434 g/mol. The van der Waals surface area contributed by atoms with E-state index >= 15 is 0 Å². The molecule has 2 atom stereocenters. The largest absolute Gasteiger partial charge is 0.340 e. The molecule has 2 amide bonds. The summed E-state index contributed by atoms with van der Waals surface area (Å²) >= 11 is 1.67. The third-order valence-electron chi connectivity index (χ3n) is 6.53. The summed E-state index contributed by atoms with van der Waals surface area (Å²) in [6, 6.07) is 18.4. The molecule has 2 aliphatic rings. The quantitative estimate of drug-likeness (QED) is 0.604. The molecule has 6 heteroatoms. The van der Waals surface area contributed by atoms with Crippen LogP contribution in [0.1, 0.15) is 36.3 Å². The highest BCUT2D eigenvalue weighted by molar-refractivity contribution is 7.18. The van der Waals surface area contributed by atoms with Crippen LogP contribution in [0.3, 0.4) is 0 Å². The molecule has 2 unspecified atom stereocenters. The summed E-state index contributed by atoms with van der Waals surface area (Å²) < 4.78 is 1.17. The second-order valence-corrected chi connectivity index (χ2v) is 9.72. The van der Waals surface area contributed by atoms with Crippen LogP contribution in [0.5, 0.6) is 0 Å². The number of thiazole rings is 1. The maximum absolute atomic E-state index is 13.0. The van der Waals surface area contributed by atoms with Gasteiger partial charge in [0.15, 0.2) is 0 Å². The van der Waals surface area contributed by atoms with Crippen molar-refractivity contribution in [1.82, 2.24) is 14.8 Å². The minimum atomic E-state index is 0.126. The smallest absolute Gasteiger partial charge is 0.223 e. The summed E-state index contributed by atoms with van der Waals surface area (Å²) in [5.41, 5.74) is 2.16. The van der Waals surface area contributed by atoms with Crippen molar-refractivity contribution in [3.05, 3.63) is 65.2 Å². The Balaban J connectivity index is 1.25. The van der Waals surface area contributed by atoms with Crippen LogP contribution in [0.2, 0.25) is 0 Å². The number of aryl methyl sites for hydroxylation is 1. The number of carbonyl (C=O) groups excluding carboxylic acids is 2. The van der Waals surface area contributed by atoms with E-state index in [1.165, 1.54) is 4.70 Å². The van der Waals surface area contributed by atoms with Crippen LogP contribution in [0.25, 0.3) is 10.2 Å². The molecule has 3 heterocycles. The second-order valence-electron chi connectivity index (χ2n) is 8.60. The van der Waals surface area contributed by atoms with Crippen LogP contribution < -0.4 is 0 Å². The molecule has 160 valence electrons. The Labute approximate surface area is 186 Å². The fourth-order valence-electron chi connectivity index (χ4n) is 4.92. The van der Waals surface area contributed by atoms with Crippen molar-refractivity contribution >= 4 is 33.4 Å². The molecule has 2 saturated heterocycles. The topological polar surface area (TPSA) is 53.5 Å². The molecule has 5 rings (SSSR count). The number of aromatic nitrogens is 1. The lowest BCUT2D eigenvalue weighted by Crippen LogP contribution is -2.43. The van der Waals surface area contributed by atoms with Gasteiger partial charge in [-0.15, -0.1) is 11.3 Å². The van der Waals surface area contributed by atoms with E-state index in [1.54, 1.807) is 11.3 Å². The van der Waals surface area contributed by atoms with Gasteiger partial charge in [0.1, 0.15) is 0 Å². The molecule has 0 saturated carbocycles. The van der Waals surface area contributed by atoms with Gasteiger partial charge in [-0.05, 0) is 36.5 Å². The molecule has 0 aliphatic carbocycles. The van der Waals surface area contributed by atoms with Crippen molar-refractivity contribution in [1.29, 1.82) is 0 Å². The number of para-hydroxylation sites is 1. The number of hydrogen-bond acceptors (Lipinski definition) is 4. The normalized spacial score (nSPS) is 21.4. The lowest BCUT2D eigenvalue weighted by atomic mass is 9.98. The van der Waals surface area contributed by atoms with Gasteiger partial charge in [-0.25, -0.2) is 4.98 Å². The van der Waals surface area contributed by atoms with Crippen LogP contribution >= 0.6 is 11.3 Å². The number of hydrogen-bond donors (Lipinski definition) is 0. The van der Waals surface area contributed by atoms with Gasteiger partial charge in [0.2, 0.25) is 11.8 Å². The first-order chi connectivity index (χ1) is 15.2. The van der Waals surface area contributed by atoms with Crippen molar-refractivity contribution < 1.29 is 9.59 Å². The number of rotatable bonds is 5. The van der Waals surface area contributed by atoms with E-state index in [9.17, 15) is 9.59 Å². The lowest BCUT2D eigenvalue weighted by molar-refractivity contribution is -0.135. The monoisotopic (exact) mass is 433 g/mol. The number of nitrogens with zero attached hydrogens (tertiary/aromatic N) is 3. The zero-order valence-electron chi connectivity index (χ0n) is 17.6. The Morgan fingerprint density at radius 2 is 1.87 bits per heavy atom. The standard InChI is InChI=1S/C25H27N3O2S/c29-24(14-13-23-26-20-10-4-5-11-22(20)31-23)27-16-19-9-6-12-25(30)28(21(19)17-27)15-18-7-2-1-3-8-18/h1-5,7-8,10-11,19,21H,6,9,12-17H2.